The topological polar surface area (TPSA) is 87.7 Å². The Morgan fingerprint density at radius 2 is 2.33 bits per heavy atom. The summed E-state index contributed by atoms with van der Waals surface area (Å²) in [5, 5.41) is 13.5. The number of carbonyl (C=O) groups is 2. The van der Waals surface area contributed by atoms with Gasteiger partial charge in [-0.05, 0) is 31.0 Å². The fraction of sp³-hybridized carbons (Fsp3) is 0.333. The fourth-order valence-electron chi connectivity index (χ4n) is 1.73. The second kappa shape index (κ2) is 4.95. The van der Waals surface area contributed by atoms with Crippen LogP contribution in [0.25, 0.3) is 0 Å². The molecule has 0 saturated heterocycles. The Hall–Kier alpha value is -2.24. The molecule has 0 fully saturated rings. The van der Waals surface area contributed by atoms with E-state index >= 15 is 0 Å². The van der Waals surface area contributed by atoms with E-state index < -0.39 is 12.2 Å². The van der Waals surface area contributed by atoms with Gasteiger partial charge in [0, 0.05) is 6.54 Å². The Kier molecular flexibility index (Phi) is 3.36. The second-order valence-corrected chi connectivity index (χ2v) is 4.06. The van der Waals surface area contributed by atoms with E-state index in [4.69, 9.17) is 9.84 Å². The van der Waals surface area contributed by atoms with Crippen LogP contribution >= 0.6 is 0 Å². The third-order valence-electron chi connectivity index (χ3n) is 2.66. The molecule has 1 aromatic carbocycles. The lowest BCUT2D eigenvalue weighted by Gasteiger charge is -2.23. The lowest BCUT2D eigenvalue weighted by molar-refractivity contribution is -0.122. The van der Waals surface area contributed by atoms with Crippen LogP contribution in [0, 0.1) is 0 Å². The van der Waals surface area contributed by atoms with Gasteiger partial charge in [-0.15, -0.1) is 0 Å². The van der Waals surface area contributed by atoms with Crippen molar-refractivity contribution >= 4 is 17.7 Å². The van der Waals surface area contributed by atoms with Gasteiger partial charge in [0.05, 0.1) is 5.69 Å². The van der Waals surface area contributed by atoms with Gasteiger partial charge in [0.2, 0.25) is 0 Å². The smallest absolute Gasteiger partial charge is 0.404 e. The normalized spacial score (nSPS) is 17.4. The zero-order valence-corrected chi connectivity index (χ0v) is 9.90. The third kappa shape index (κ3) is 2.71. The van der Waals surface area contributed by atoms with Crippen molar-refractivity contribution in [3.63, 3.8) is 0 Å². The monoisotopic (exact) mass is 250 g/mol. The molecule has 0 aromatic heterocycles. The minimum atomic E-state index is -1.04. The Bertz CT molecular complexity index is 487. The number of hydrogen-bond donors (Lipinski definition) is 3. The van der Waals surface area contributed by atoms with Crippen LogP contribution in [0.5, 0.6) is 5.75 Å². The molecule has 2 amide bonds. The molecule has 1 atom stereocenters. The van der Waals surface area contributed by atoms with Crippen molar-refractivity contribution in [1.29, 1.82) is 0 Å². The molecule has 1 aromatic rings. The molecule has 6 nitrogen and oxygen atoms in total. The number of nitrogens with one attached hydrogen (secondary N) is 2. The highest BCUT2D eigenvalue weighted by Gasteiger charge is 2.23. The maximum atomic E-state index is 11.4. The summed E-state index contributed by atoms with van der Waals surface area (Å²) in [4.78, 5) is 21.8. The average Bonchev–Trinajstić information content (AvgIpc) is 2.30. The molecule has 1 unspecified atom stereocenters. The van der Waals surface area contributed by atoms with E-state index in [1.54, 1.807) is 19.1 Å². The standard InChI is InChI=1S/C12H14N2O4/c1-7-11(15)14-9-6-8(2-3-10(9)18-7)4-5-13-12(16)17/h2-3,6-7,13H,4-5H2,1H3,(H,14,15)(H,16,17). The van der Waals surface area contributed by atoms with Gasteiger partial charge in [0.15, 0.2) is 6.10 Å². The summed E-state index contributed by atoms with van der Waals surface area (Å²) in [6, 6.07) is 5.43. The molecule has 18 heavy (non-hydrogen) atoms. The lowest BCUT2D eigenvalue weighted by Crippen LogP contribution is -2.34. The van der Waals surface area contributed by atoms with Crippen molar-refractivity contribution in [3.8, 4) is 5.75 Å². The first-order valence-corrected chi connectivity index (χ1v) is 5.63. The molecule has 0 spiro atoms. The average molecular weight is 250 g/mol. The SMILES string of the molecule is CC1Oc2ccc(CCNC(=O)O)cc2NC1=O. The molecule has 96 valence electrons. The Labute approximate surface area is 104 Å². The second-order valence-electron chi connectivity index (χ2n) is 4.06. The van der Waals surface area contributed by atoms with E-state index in [1.165, 1.54) is 0 Å². The molecule has 2 rings (SSSR count). The van der Waals surface area contributed by atoms with Crippen LogP contribution < -0.4 is 15.4 Å². The van der Waals surface area contributed by atoms with E-state index in [-0.39, 0.29) is 5.91 Å². The van der Waals surface area contributed by atoms with Crippen LogP contribution in [0.4, 0.5) is 10.5 Å². The summed E-state index contributed by atoms with van der Waals surface area (Å²) in [6.07, 6.45) is -0.971. The van der Waals surface area contributed by atoms with Crippen molar-refractivity contribution in [2.45, 2.75) is 19.4 Å². The van der Waals surface area contributed by atoms with Crippen molar-refractivity contribution < 1.29 is 19.4 Å². The van der Waals surface area contributed by atoms with Crippen LogP contribution in [0.2, 0.25) is 0 Å². The molecule has 1 aliphatic heterocycles. The predicted octanol–water partition coefficient (Wildman–Crippen LogP) is 1.22. The summed E-state index contributed by atoms with van der Waals surface area (Å²) in [5.74, 6) is 0.459. The van der Waals surface area contributed by atoms with Crippen LogP contribution in [-0.4, -0.2) is 29.8 Å². The zero-order chi connectivity index (χ0) is 13.1. The van der Waals surface area contributed by atoms with Gasteiger partial charge in [0.25, 0.3) is 5.91 Å². The number of benzene rings is 1. The van der Waals surface area contributed by atoms with E-state index in [2.05, 4.69) is 10.6 Å². The lowest BCUT2D eigenvalue weighted by atomic mass is 10.1. The number of amides is 2. The fourth-order valence-corrected chi connectivity index (χ4v) is 1.73. The Balaban J connectivity index is 2.05. The van der Waals surface area contributed by atoms with Gasteiger partial charge in [-0.1, -0.05) is 6.07 Å². The number of hydrogen-bond acceptors (Lipinski definition) is 3. The van der Waals surface area contributed by atoms with Crippen LogP contribution in [-0.2, 0) is 11.2 Å². The number of fused-ring (bicyclic) bond motifs is 1. The minimum absolute atomic E-state index is 0.177. The number of carboxylic acid groups (broad SMARTS) is 1. The van der Waals surface area contributed by atoms with E-state index in [9.17, 15) is 9.59 Å². The van der Waals surface area contributed by atoms with Gasteiger partial charge in [-0.3, -0.25) is 4.79 Å². The first kappa shape index (κ1) is 12.2. The third-order valence-corrected chi connectivity index (χ3v) is 2.66. The first-order chi connectivity index (χ1) is 8.56. The van der Waals surface area contributed by atoms with E-state index in [0.717, 1.165) is 5.56 Å². The number of ether oxygens (including phenoxy) is 1. The molecule has 3 N–H and O–H groups in total. The van der Waals surface area contributed by atoms with Gasteiger partial charge >= 0.3 is 6.09 Å². The highest BCUT2D eigenvalue weighted by Crippen LogP contribution is 2.30. The van der Waals surface area contributed by atoms with Crippen molar-refractivity contribution in [2.24, 2.45) is 0 Å². The maximum absolute atomic E-state index is 11.4. The minimum Gasteiger partial charge on any atom is -0.479 e. The summed E-state index contributed by atoms with van der Waals surface area (Å²) < 4.78 is 5.42. The van der Waals surface area contributed by atoms with Crippen LogP contribution in [0.15, 0.2) is 18.2 Å². The Morgan fingerprint density at radius 3 is 3.06 bits per heavy atom. The summed E-state index contributed by atoms with van der Waals surface area (Å²) in [5.41, 5.74) is 1.56. The molecular weight excluding hydrogens is 236 g/mol. The first-order valence-electron chi connectivity index (χ1n) is 5.63. The van der Waals surface area contributed by atoms with Crippen molar-refractivity contribution in [2.75, 3.05) is 11.9 Å². The molecule has 0 saturated carbocycles. The zero-order valence-electron chi connectivity index (χ0n) is 9.90. The molecule has 0 radical (unpaired) electrons. The molecule has 0 bridgehead atoms. The highest BCUT2D eigenvalue weighted by atomic mass is 16.5. The molecule has 6 heteroatoms. The largest absolute Gasteiger partial charge is 0.479 e. The molecule has 1 aliphatic rings. The van der Waals surface area contributed by atoms with Crippen LogP contribution in [0.3, 0.4) is 0 Å². The number of anilines is 1. The quantitative estimate of drug-likeness (QED) is 0.752. The Morgan fingerprint density at radius 1 is 1.56 bits per heavy atom. The summed E-state index contributed by atoms with van der Waals surface area (Å²) in [6.45, 7) is 2.02. The van der Waals surface area contributed by atoms with E-state index in [1.807, 2.05) is 6.07 Å². The van der Waals surface area contributed by atoms with Gasteiger partial charge in [-0.25, -0.2) is 4.79 Å². The van der Waals surface area contributed by atoms with Crippen LogP contribution in [0.1, 0.15) is 12.5 Å². The molecule has 1 heterocycles. The number of carbonyl (C=O) groups excluding carboxylic acids is 1. The summed E-state index contributed by atoms with van der Waals surface area (Å²) >= 11 is 0. The highest BCUT2D eigenvalue weighted by molar-refractivity contribution is 5.97. The van der Waals surface area contributed by atoms with Gasteiger partial charge in [0.1, 0.15) is 5.75 Å². The van der Waals surface area contributed by atoms with Crippen molar-refractivity contribution in [1.82, 2.24) is 5.32 Å². The maximum Gasteiger partial charge on any atom is 0.404 e. The summed E-state index contributed by atoms with van der Waals surface area (Å²) in [7, 11) is 0. The predicted molar refractivity (Wildman–Crippen MR) is 64.9 cm³/mol. The molecule has 0 aliphatic carbocycles. The van der Waals surface area contributed by atoms with Gasteiger partial charge < -0.3 is 20.5 Å². The van der Waals surface area contributed by atoms with Crippen molar-refractivity contribution in [3.05, 3.63) is 23.8 Å². The molecular formula is C12H14N2O4. The van der Waals surface area contributed by atoms with Gasteiger partial charge in [-0.2, -0.15) is 0 Å². The number of rotatable bonds is 3. The van der Waals surface area contributed by atoms with E-state index in [0.29, 0.717) is 24.4 Å².